The Morgan fingerprint density at radius 2 is 2.07 bits per heavy atom. The molecular weight excluding hydrogens is 414 g/mol. The average Bonchev–Trinajstić information content (AvgIpc) is 3.35. The molecule has 5 nitrogen and oxygen atoms in total. The first-order valence-corrected chi connectivity index (χ1v) is 11.9. The van der Waals surface area contributed by atoms with E-state index in [2.05, 4.69) is 4.98 Å². The molecule has 1 aliphatic carbocycles. The van der Waals surface area contributed by atoms with Crippen LogP contribution in [0.3, 0.4) is 0 Å². The number of fused-ring (bicyclic) bond motifs is 3. The number of thiophene rings is 1. The van der Waals surface area contributed by atoms with Crippen LogP contribution in [-0.4, -0.2) is 21.1 Å². The Hall–Kier alpha value is -2.64. The van der Waals surface area contributed by atoms with Gasteiger partial charge in [-0.05, 0) is 67.6 Å². The Morgan fingerprint density at radius 3 is 2.83 bits per heavy atom. The van der Waals surface area contributed by atoms with E-state index in [4.69, 9.17) is 9.72 Å². The summed E-state index contributed by atoms with van der Waals surface area (Å²) in [4.78, 5) is 25.0. The third-order valence-electron chi connectivity index (χ3n) is 5.20. The lowest BCUT2D eigenvalue weighted by molar-refractivity contribution is 0.340. The van der Waals surface area contributed by atoms with Crippen LogP contribution in [0.4, 0.5) is 0 Å². The second-order valence-electron chi connectivity index (χ2n) is 7.15. The van der Waals surface area contributed by atoms with E-state index in [1.807, 2.05) is 49.5 Å². The normalized spacial score (nSPS) is 13.0. The Labute approximate surface area is 182 Å². The van der Waals surface area contributed by atoms with Gasteiger partial charge in [0.1, 0.15) is 10.6 Å². The third-order valence-corrected chi connectivity index (χ3v) is 7.40. The van der Waals surface area contributed by atoms with E-state index < -0.39 is 0 Å². The summed E-state index contributed by atoms with van der Waals surface area (Å²) < 4.78 is 7.32. The monoisotopic (exact) mass is 435 g/mol. The van der Waals surface area contributed by atoms with Crippen LogP contribution < -0.4 is 10.3 Å². The molecule has 0 bridgehead atoms. The second-order valence-corrected chi connectivity index (χ2v) is 9.18. The molecule has 0 radical (unpaired) electrons. The largest absolute Gasteiger partial charge is 0.494 e. The second kappa shape index (κ2) is 8.24. The molecule has 0 aliphatic heterocycles. The van der Waals surface area contributed by atoms with Gasteiger partial charge in [0, 0.05) is 23.0 Å². The van der Waals surface area contributed by atoms with Gasteiger partial charge in [-0.3, -0.25) is 14.3 Å². The zero-order valence-electron chi connectivity index (χ0n) is 16.6. The average molecular weight is 436 g/mol. The zero-order valence-corrected chi connectivity index (χ0v) is 18.3. The number of nitrogens with zero attached hydrogens (tertiary/aromatic N) is 3. The Balaban J connectivity index is 1.63. The molecule has 0 saturated carbocycles. The zero-order chi connectivity index (χ0) is 20.5. The molecule has 1 aliphatic rings. The predicted molar refractivity (Wildman–Crippen MR) is 122 cm³/mol. The molecule has 7 heteroatoms. The smallest absolute Gasteiger partial charge is 0.267 e. The summed E-state index contributed by atoms with van der Waals surface area (Å²) in [6.45, 7) is 2.57. The van der Waals surface area contributed by atoms with Gasteiger partial charge in [0.2, 0.25) is 0 Å². The molecule has 0 atom stereocenters. The molecule has 1 aromatic carbocycles. The van der Waals surface area contributed by atoms with E-state index in [9.17, 15) is 4.79 Å². The highest BCUT2D eigenvalue weighted by molar-refractivity contribution is 7.98. The van der Waals surface area contributed by atoms with Crippen LogP contribution in [0.2, 0.25) is 0 Å². The van der Waals surface area contributed by atoms with Gasteiger partial charge in [0.15, 0.2) is 5.16 Å². The van der Waals surface area contributed by atoms with E-state index in [0.717, 1.165) is 46.5 Å². The standard InChI is InChI=1S/C23H21N3O2S2/c1-2-28-17-10-8-16(9-11-17)26-22(27)20-18-6-3-7-19(18)30-21(20)25-23(26)29-14-15-5-4-12-24-13-15/h4-5,8-13H,2-3,6-7,14H2,1H3. The molecule has 30 heavy (non-hydrogen) atoms. The molecule has 0 amide bonds. The minimum absolute atomic E-state index is 0.0252. The molecule has 152 valence electrons. The number of benzene rings is 1. The van der Waals surface area contributed by atoms with Crippen LogP contribution in [0.5, 0.6) is 5.75 Å². The van der Waals surface area contributed by atoms with Crippen LogP contribution in [0.15, 0.2) is 58.7 Å². The van der Waals surface area contributed by atoms with Crippen LogP contribution in [0.25, 0.3) is 15.9 Å². The van der Waals surface area contributed by atoms with Crippen molar-refractivity contribution in [3.05, 3.63) is 75.1 Å². The minimum atomic E-state index is 0.0252. The number of aromatic nitrogens is 3. The number of hydrogen-bond donors (Lipinski definition) is 0. The summed E-state index contributed by atoms with van der Waals surface area (Å²) in [6.07, 6.45) is 6.76. The number of hydrogen-bond acceptors (Lipinski definition) is 6. The third kappa shape index (κ3) is 3.52. The molecule has 0 N–H and O–H groups in total. The molecule has 0 unspecified atom stereocenters. The van der Waals surface area contributed by atoms with Gasteiger partial charge in [0.05, 0.1) is 17.7 Å². The van der Waals surface area contributed by atoms with E-state index in [-0.39, 0.29) is 5.56 Å². The summed E-state index contributed by atoms with van der Waals surface area (Å²) in [5.74, 6) is 1.50. The molecule has 0 fully saturated rings. The molecule has 3 aromatic heterocycles. The highest BCUT2D eigenvalue weighted by atomic mass is 32.2. The van der Waals surface area contributed by atoms with Crippen molar-refractivity contribution in [2.24, 2.45) is 0 Å². The quantitative estimate of drug-likeness (QED) is 0.314. The molecule has 3 heterocycles. The first-order chi connectivity index (χ1) is 14.7. The highest BCUT2D eigenvalue weighted by Gasteiger charge is 2.24. The lowest BCUT2D eigenvalue weighted by Crippen LogP contribution is -2.21. The van der Waals surface area contributed by atoms with Gasteiger partial charge in [-0.15, -0.1) is 11.3 Å². The fourth-order valence-corrected chi connectivity index (χ4v) is 6.09. The van der Waals surface area contributed by atoms with E-state index in [0.29, 0.717) is 17.5 Å². The van der Waals surface area contributed by atoms with E-state index in [1.54, 1.807) is 33.9 Å². The molecule has 4 aromatic rings. The van der Waals surface area contributed by atoms with Gasteiger partial charge in [-0.1, -0.05) is 17.8 Å². The summed E-state index contributed by atoms with van der Waals surface area (Å²) in [6, 6.07) is 11.6. The number of thioether (sulfide) groups is 1. The fraction of sp³-hybridized carbons (Fsp3) is 0.261. The fourth-order valence-electron chi connectivity index (χ4n) is 3.84. The van der Waals surface area contributed by atoms with Crippen molar-refractivity contribution in [3.8, 4) is 11.4 Å². The maximum atomic E-state index is 13.7. The van der Waals surface area contributed by atoms with Gasteiger partial charge in [-0.25, -0.2) is 4.98 Å². The van der Waals surface area contributed by atoms with E-state index in [1.165, 1.54) is 10.4 Å². The molecule has 5 rings (SSSR count). The van der Waals surface area contributed by atoms with Crippen molar-refractivity contribution >= 4 is 33.3 Å². The van der Waals surface area contributed by atoms with Crippen LogP contribution in [-0.2, 0) is 18.6 Å². The van der Waals surface area contributed by atoms with Crippen molar-refractivity contribution in [3.63, 3.8) is 0 Å². The van der Waals surface area contributed by atoms with Gasteiger partial charge in [-0.2, -0.15) is 0 Å². The lowest BCUT2D eigenvalue weighted by Gasteiger charge is -2.13. The Morgan fingerprint density at radius 1 is 1.20 bits per heavy atom. The van der Waals surface area contributed by atoms with Crippen molar-refractivity contribution in [1.82, 2.24) is 14.5 Å². The predicted octanol–water partition coefficient (Wildman–Crippen LogP) is 5.02. The number of ether oxygens (including phenoxy) is 1. The lowest BCUT2D eigenvalue weighted by atomic mass is 10.2. The van der Waals surface area contributed by atoms with Crippen LogP contribution in [0.1, 0.15) is 29.3 Å². The van der Waals surface area contributed by atoms with Crippen LogP contribution in [0, 0.1) is 0 Å². The minimum Gasteiger partial charge on any atom is -0.494 e. The molecular formula is C23H21N3O2S2. The first-order valence-electron chi connectivity index (χ1n) is 10.1. The number of aryl methyl sites for hydroxylation is 2. The van der Waals surface area contributed by atoms with E-state index >= 15 is 0 Å². The highest BCUT2D eigenvalue weighted by Crippen LogP contribution is 2.36. The summed E-state index contributed by atoms with van der Waals surface area (Å²) >= 11 is 3.25. The van der Waals surface area contributed by atoms with Crippen molar-refractivity contribution in [2.75, 3.05) is 6.61 Å². The Bertz CT molecular complexity index is 1250. The first kappa shape index (κ1) is 19.3. The van der Waals surface area contributed by atoms with Gasteiger partial charge in [0.25, 0.3) is 5.56 Å². The molecule has 0 saturated heterocycles. The van der Waals surface area contributed by atoms with Gasteiger partial charge >= 0.3 is 0 Å². The van der Waals surface area contributed by atoms with Crippen molar-refractivity contribution in [1.29, 1.82) is 0 Å². The maximum absolute atomic E-state index is 13.7. The topological polar surface area (TPSA) is 57.0 Å². The summed E-state index contributed by atoms with van der Waals surface area (Å²) in [7, 11) is 0. The van der Waals surface area contributed by atoms with Gasteiger partial charge < -0.3 is 4.74 Å². The number of rotatable bonds is 6. The maximum Gasteiger partial charge on any atom is 0.267 e. The summed E-state index contributed by atoms with van der Waals surface area (Å²) in [5.41, 5.74) is 3.14. The van der Waals surface area contributed by atoms with Crippen LogP contribution >= 0.6 is 23.1 Å². The molecule has 0 spiro atoms. The van der Waals surface area contributed by atoms with Crippen molar-refractivity contribution in [2.45, 2.75) is 37.1 Å². The SMILES string of the molecule is CCOc1ccc(-n2c(SCc3cccnc3)nc3sc4c(c3c2=O)CCC4)cc1. The van der Waals surface area contributed by atoms with Crippen molar-refractivity contribution < 1.29 is 4.74 Å². The Kier molecular flexibility index (Phi) is 5.31. The summed E-state index contributed by atoms with van der Waals surface area (Å²) in [5, 5.41) is 1.51. The number of pyridine rings is 1.